The van der Waals surface area contributed by atoms with E-state index in [0.29, 0.717) is 15.6 Å². The third-order valence-electron chi connectivity index (χ3n) is 3.02. The van der Waals surface area contributed by atoms with Crippen molar-refractivity contribution in [2.24, 2.45) is 0 Å². The van der Waals surface area contributed by atoms with E-state index >= 15 is 0 Å². The number of fused-ring (bicyclic) bond motifs is 1. The van der Waals surface area contributed by atoms with Gasteiger partial charge in [-0.25, -0.2) is 0 Å². The van der Waals surface area contributed by atoms with Crippen molar-refractivity contribution in [2.45, 2.75) is 6.17 Å². The summed E-state index contributed by atoms with van der Waals surface area (Å²) in [5.74, 6) is -0.106. The van der Waals surface area contributed by atoms with Crippen LogP contribution in [0.4, 0.5) is 5.69 Å². The van der Waals surface area contributed by atoms with E-state index in [1.165, 1.54) is 0 Å². The van der Waals surface area contributed by atoms with E-state index in [2.05, 4.69) is 10.6 Å². The molecule has 2 aromatic rings. The largest absolute Gasteiger partial charge is 0.361 e. The molecule has 19 heavy (non-hydrogen) atoms. The molecule has 1 amide bonds. The van der Waals surface area contributed by atoms with Gasteiger partial charge in [-0.05, 0) is 29.8 Å². The van der Waals surface area contributed by atoms with Gasteiger partial charge in [-0.2, -0.15) is 0 Å². The van der Waals surface area contributed by atoms with Gasteiger partial charge in [0.1, 0.15) is 6.17 Å². The molecule has 0 saturated heterocycles. The molecule has 3 nitrogen and oxygen atoms in total. The van der Waals surface area contributed by atoms with Crippen LogP contribution in [-0.4, -0.2) is 5.91 Å². The van der Waals surface area contributed by atoms with E-state index in [0.717, 1.165) is 11.3 Å². The van der Waals surface area contributed by atoms with Crippen molar-refractivity contribution < 1.29 is 4.79 Å². The maximum atomic E-state index is 12.0. The number of carbonyl (C=O) groups is 1. The lowest BCUT2D eigenvalue weighted by atomic mass is 10.1. The fourth-order valence-electron chi connectivity index (χ4n) is 2.07. The quantitative estimate of drug-likeness (QED) is 0.838. The zero-order chi connectivity index (χ0) is 13.4. The molecule has 0 aliphatic carbocycles. The second-order valence-electron chi connectivity index (χ2n) is 4.27. The normalized spacial score (nSPS) is 17.4. The van der Waals surface area contributed by atoms with Crippen LogP contribution in [0.3, 0.4) is 0 Å². The summed E-state index contributed by atoms with van der Waals surface area (Å²) in [5.41, 5.74) is 2.30. The first-order valence-corrected chi connectivity index (χ1v) is 6.52. The fourth-order valence-corrected chi connectivity index (χ4v) is 2.37. The highest BCUT2D eigenvalue weighted by atomic mass is 35.5. The summed E-state index contributed by atoms with van der Waals surface area (Å²) in [5, 5.41) is 7.10. The number of benzene rings is 2. The molecule has 0 saturated carbocycles. The average molecular weight is 293 g/mol. The van der Waals surface area contributed by atoms with Crippen molar-refractivity contribution in [3.8, 4) is 0 Å². The van der Waals surface area contributed by atoms with Gasteiger partial charge in [0.2, 0.25) is 0 Å². The van der Waals surface area contributed by atoms with E-state index in [1.54, 1.807) is 18.2 Å². The zero-order valence-corrected chi connectivity index (χ0v) is 11.3. The number of nitrogens with one attached hydrogen (secondary N) is 2. The molecule has 1 aliphatic rings. The second kappa shape index (κ2) is 4.76. The highest BCUT2D eigenvalue weighted by Gasteiger charge is 2.24. The third kappa shape index (κ3) is 2.27. The fraction of sp³-hybridized carbons (Fsp3) is 0.0714. The highest BCUT2D eigenvalue weighted by molar-refractivity contribution is 6.42. The molecule has 1 aliphatic heterocycles. The van der Waals surface area contributed by atoms with Crippen LogP contribution in [-0.2, 0) is 0 Å². The molecule has 3 rings (SSSR count). The van der Waals surface area contributed by atoms with Crippen LogP contribution in [0.25, 0.3) is 0 Å². The van der Waals surface area contributed by atoms with Gasteiger partial charge in [-0.1, -0.05) is 41.4 Å². The Morgan fingerprint density at radius 3 is 2.53 bits per heavy atom. The number of carbonyl (C=O) groups excluding carboxylic acids is 1. The minimum atomic E-state index is -0.308. The van der Waals surface area contributed by atoms with Gasteiger partial charge in [0.15, 0.2) is 0 Å². The van der Waals surface area contributed by atoms with E-state index in [1.807, 2.05) is 24.3 Å². The molecule has 0 radical (unpaired) electrons. The monoisotopic (exact) mass is 292 g/mol. The molecule has 5 heteroatoms. The number of hydrogen-bond donors (Lipinski definition) is 2. The number of rotatable bonds is 1. The van der Waals surface area contributed by atoms with Crippen molar-refractivity contribution in [2.75, 3.05) is 5.32 Å². The zero-order valence-electron chi connectivity index (χ0n) is 9.78. The maximum Gasteiger partial charge on any atom is 0.255 e. The molecule has 2 aromatic carbocycles. The molecule has 0 unspecified atom stereocenters. The van der Waals surface area contributed by atoms with Crippen molar-refractivity contribution >= 4 is 34.8 Å². The topological polar surface area (TPSA) is 41.1 Å². The molecule has 1 atom stereocenters. The number of halogens is 2. The second-order valence-corrected chi connectivity index (χ2v) is 5.08. The Balaban J connectivity index is 1.96. The van der Waals surface area contributed by atoms with Crippen molar-refractivity contribution in [3.05, 3.63) is 63.6 Å². The Hall–Kier alpha value is -1.71. The van der Waals surface area contributed by atoms with Crippen molar-refractivity contribution in [1.29, 1.82) is 0 Å². The summed E-state index contributed by atoms with van der Waals surface area (Å²) in [6.45, 7) is 0. The predicted octanol–water partition coefficient (Wildman–Crippen LogP) is 3.85. The Kier molecular flexibility index (Phi) is 3.09. The van der Waals surface area contributed by atoms with Crippen molar-refractivity contribution in [1.82, 2.24) is 5.32 Å². The summed E-state index contributed by atoms with van der Waals surface area (Å²) >= 11 is 11.9. The third-order valence-corrected chi connectivity index (χ3v) is 3.76. The molecule has 0 spiro atoms. The SMILES string of the molecule is O=C1N[C@@H](c2ccc(Cl)c(Cl)c2)Nc2ccccc21. The van der Waals surface area contributed by atoms with Crippen LogP contribution in [0.1, 0.15) is 22.1 Å². The number of hydrogen-bond acceptors (Lipinski definition) is 2. The van der Waals surface area contributed by atoms with Crippen LogP contribution < -0.4 is 10.6 Å². The Morgan fingerprint density at radius 1 is 0.947 bits per heavy atom. The number of amides is 1. The molecule has 0 bridgehead atoms. The molecule has 2 N–H and O–H groups in total. The molecule has 0 aromatic heterocycles. The van der Waals surface area contributed by atoms with Crippen LogP contribution in [0.5, 0.6) is 0 Å². The van der Waals surface area contributed by atoms with Crippen LogP contribution in [0.2, 0.25) is 10.0 Å². The predicted molar refractivity (Wildman–Crippen MR) is 76.7 cm³/mol. The van der Waals surface area contributed by atoms with E-state index in [-0.39, 0.29) is 12.1 Å². The lowest BCUT2D eigenvalue weighted by Crippen LogP contribution is -2.38. The van der Waals surface area contributed by atoms with Crippen LogP contribution >= 0.6 is 23.2 Å². The van der Waals surface area contributed by atoms with E-state index in [4.69, 9.17) is 23.2 Å². The van der Waals surface area contributed by atoms with E-state index < -0.39 is 0 Å². The van der Waals surface area contributed by atoms with Gasteiger partial charge in [-0.15, -0.1) is 0 Å². The lowest BCUT2D eigenvalue weighted by Gasteiger charge is -2.28. The molecular weight excluding hydrogens is 283 g/mol. The molecular formula is C14H10Cl2N2O. The number of anilines is 1. The van der Waals surface area contributed by atoms with Crippen LogP contribution in [0, 0.1) is 0 Å². The summed E-state index contributed by atoms with van der Waals surface area (Å²) in [6, 6.07) is 12.7. The first-order chi connectivity index (χ1) is 9.15. The lowest BCUT2D eigenvalue weighted by molar-refractivity contribution is 0.0935. The molecule has 0 fully saturated rings. The van der Waals surface area contributed by atoms with Crippen LogP contribution in [0.15, 0.2) is 42.5 Å². The summed E-state index contributed by atoms with van der Waals surface area (Å²) in [4.78, 5) is 12.0. The molecule has 1 heterocycles. The standard InChI is InChI=1S/C14H10Cl2N2O/c15-10-6-5-8(7-11(10)16)13-17-12-4-2-1-3-9(12)14(19)18-13/h1-7,13,17H,(H,18,19)/t13-/m0/s1. The van der Waals surface area contributed by atoms with Crippen molar-refractivity contribution in [3.63, 3.8) is 0 Å². The summed E-state index contributed by atoms with van der Waals surface area (Å²) < 4.78 is 0. The minimum Gasteiger partial charge on any atom is -0.361 e. The summed E-state index contributed by atoms with van der Waals surface area (Å²) in [7, 11) is 0. The van der Waals surface area contributed by atoms with Gasteiger partial charge in [0, 0.05) is 5.69 Å². The van der Waals surface area contributed by atoms with Gasteiger partial charge in [-0.3, -0.25) is 4.79 Å². The maximum absolute atomic E-state index is 12.0. The van der Waals surface area contributed by atoms with Gasteiger partial charge < -0.3 is 10.6 Å². The highest BCUT2D eigenvalue weighted by Crippen LogP contribution is 2.29. The first-order valence-electron chi connectivity index (χ1n) is 5.76. The van der Waals surface area contributed by atoms with Gasteiger partial charge >= 0.3 is 0 Å². The average Bonchev–Trinajstić information content (AvgIpc) is 2.42. The summed E-state index contributed by atoms with van der Waals surface area (Å²) in [6.07, 6.45) is -0.308. The molecule has 96 valence electrons. The Labute approximate surface area is 120 Å². The minimum absolute atomic E-state index is 0.106. The Bertz CT molecular complexity index is 658. The number of para-hydroxylation sites is 1. The Morgan fingerprint density at radius 2 is 1.74 bits per heavy atom. The first kappa shape index (κ1) is 12.3. The van der Waals surface area contributed by atoms with Gasteiger partial charge in [0.05, 0.1) is 15.6 Å². The van der Waals surface area contributed by atoms with Gasteiger partial charge in [0.25, 0.3) is 5.91 Å². The van der Waals surface area contributed by atoms with E-state index in [9.17, 15) is 4.79 Å². The smallest absolute Gasteiger partial charge is 0.255 e.